The van der Waals surface area contributed by atoms with Crippen LogP contribution in [0, 0.1) is 20.8 Å². The number of hydrogen-bond donors (Lipinski definition) is 1. The summed E-state index contributed by atoms with van der Waals surface area (Å²) in [5.41, 5.74) is 4.66. The predicted octanol–water partition coefficient (Wildman–Crippen LogP) is 5.65. The molecule has 2 aromatic carbocycles. The predicted molar refractivity (Wildman–Crippen MR) is 124 cm³/mol. The van der Waals surface area contributed by atoms with Crippen molar-refractivity contribution >= 4 is 29.6 Å². The first-order valence-electron chi connectivity index (χ1n) is 10.6. The van der Waals surface area contributed by atoms with Gasteiger partial charge in [0.1, 0.15) is 11.5 Å². The van der Waals surface area contributed by atoms with E-state index in [1.54, 1.807) is 0 Å². The molecular formula is C26H30O6. The van der Waals surface area contributed by atoms with Gasteiger partial charge in [0.2, 0.25) is 0 Å². The molecule has 0 aliphatic rings. The third-order valence-corrected chi connectivity index (χ3v) is 5.23. The lowest BCUT2D eigenvalue weighted by Crippen LogP contribution is -2.12. The van der Waals surface area contributed by atoms with E-state index >= 15 is 0 Å². The second-order valence-corrected chi connectivity index (χ2v) is 7.78. The molecule has 0 fully saturated rings. The number of carboxylic acid groups (broad SMARTS) is 1. The second kappa shape index (κ2) is 11.3. The highest BCUT2D eigenvalue weighted by Crippen LogP contribution is 2.43. The van der Waals surface area contributed by atoms with Crippen molar-refractivity contribution in [1.29, 1.82) is 0 Å². The van der Waals surface area contributed by atoms with Gasteiger partial charge in [-0.3, -0.25) is 14.4 Å². The van der Waals surface area contributed by atoms with E-state index in [-0.39, 0.29) is 6.42 Å². The maximum absolute atomic E-state index is 11.9. The van der Waals surface area contributed by atoms with Gasteiger partial charge in [-0.25, -0.2) is 0 Å². The number of rotatable bonds is 9. The Balaban J connectivity index is 2.71. The van der Waals surface area contributed by atoms with Crippen LogP contribution in [0.25, 0.3) is 11.6 Å². The van der Waals surface area contributed by atoms with Gasteiger partial charge < -0.3 is 14.6 Å². The van der Waals surface area contributed by atoms with Crippen molar-refractivity contribution in [2.45, 2.75) is 60.3 Å². The molecule has 0 spiro atoms. The third-order valence-electron chi connectivity index (χ3n) is 5.23. The van der Waals surface area contributed by atoms with Crippen LogP contribution < -0.4 is 9.47 Å². The van der Waals surface area contributed by atoms with Gasteiger partial charge in [-0.1, -0.05) is 36.4 Å². The maximum Gasteiger partial charge on any atom is 0.308 e. The molecule has 6 nitrogen and oxygen atoms in total. The molecule has 0 heterocycles. The lowest BCUT2D eigenvalue weighted by molar-refractivity contribution is -0.137. The van der Waals surface area contributed by atoms with Crippen LogP contribution in [0.1, 0.15) is 67.3 Å². The number of unbranched alkanes of at least 4 members (excludes halogenated alkanes) is 1. The average Bonchev–Trinajstić information content (AvgIpc) is 2.72. The van der Waals surface area contributed by atoms with Crippen molar-refractivity contribution in [2.75, 3.05) is 0 Å². The Morgan fingerprint density at radius 1 is 0.812 bits per heavy atom. The number of hydrogen-bond acceptors (Lipinski definition) is 5. The Bertz CT molecular complexity index is 1030. The first-order valence-corrected chi connectivity index (χ1v) is 10.6. The molecule has 6 heteroatoms. The zero-order chi connectivity index (χ0) is 23.8. The normalized spacial score (nSPS) is 11.2. The van der Waals surface area contributed by atoms with E-state index in [9.17, 15) is 14.4 Å². The summed E-state index contributed by atoms with van der Waals surface area (Å²) in [6, 6.07) is 9.71. The molecule has 1 N–H and O–H groups in total. The SMILES string of the molecule is CC(=O)Oc1c(C)c(C)c(OC(C)=O)c(C(=Cc2ccccc2)CCCCC(=O)O)c1C. The number of benzene rings is 2. The number of carbonyl (C=O) groups excluding carboxylic acids is 2. The Morgan fingerprint density at radius 3 is 1.91 bits per heavy atom. The zero-order valence-electron chi connectivity index (χ0n) is 19.3. The van der Waals surface area contributed by atoms with Gasteiger partial charge in [0.15, 0.2) is 0 Å². The fraction of sp³-hybridized carbons (Fsp3) is 0.346. The van der Waals surface area contributed by atoms with Gasteiger partial charge in [-0.2, -0.15) is 0 Å². The highest BCUT2D eigenvalue weighted by molar-refractivity contribution is 5.89. The third kappa shape index (κ3) is 6.54. The standard InChI is InChI=1S/C26H30O6/c1-16-17(2)26(32-20(5)28)24(18(3)25(16)31-19(4)27)22(13-9-10-14-23(29)30)15-21-11-7-6-8-12-21/h6-8,11-12,15H,9-10,13-14H2,1-5H3,(H,29,30). The van der Waals surface area contributed by atoms with Crippen LogP contribution in [-0.4, -0.2) is 23.0 Å². The minimum atomic E-state index is -0.835. The fourth-order valence-electron chi connectivity index (χ4n) is 3.66. The minimum absolute atomic E-state index is 0.0834. The first-order chi connectivity index (χ1) is 15.1. The molecule has 2 rings (SSSR count). The molecule has 0 radical (unpaired) electrons. The lowest BCUT2D eigenvalue weighted by atomic mass is 9.89. The van der Waals surface area contributed by atoms with Gasteiger partial charge in [0.05, 0.1) is 0 Å². The van der Waals surface area contributed by atoms with Crippen molar-refractivity contribution in [3.63, 3.8) is 0 Å². The summed E-state index contributed by atoms with van der Waals surface area (Å²) in [5, 5.41) is 8.98. The molecule has 0 saturated carbocycles. The summed E-state index contributed by atoms with van der Waals surface area (Å²) in [7, 11) is 0. The van der Waals surface area contributed by atoms with Crippen LogP contribution >= 0.6 is 0 Å². The molecule has 0 bridgehead atoms. The number of allylic oxidation sites excluding steroid dienone is 1. The molecular weight excluding hydrogens is 408 g/mol. The minimum Gasteiger partial charge on any atom is -0.481 e. The average molecular weight is 439 g/mol. The van der Waals surface area contributed by atoms with E-state index in [0.29, 0.717) is 47.5 Å². The monoisotopic (exact) mass is 438 g/mol. The van der Waals surface area contributed by atoms with Crippen LogP contribution in [-0.2, 0) is 14.4 Å². The Labute approximate surface area is 188 Å². The largest absolute Gasteiger partial charge is 0.481 e. The highest BCUT2D eigenvalue weighted by Gasteiger charge is 2.24. The summed E-state index contributed by atoms with van der Waals surface area (Å²) in [4.78, 5) is 34.6. The molecule has 2 aromatic rings. The maximum atomic E-state index is 11.9. The van der Waals surface area contributed by atoms with Crippen LogP contribution in [0.4, 0.5) is 0 Å². The van der Waals surface area contributed by atoms with Crippen molar-refractivity contribution in [1.82, 2.24) is 0 Å². The lowest BCUT2D eigenvalue weighted by Gasteiger charge is -2.22. The number of ether oxygens (including phenoxy) is 2. The van der Waals surface area contributed by atoms with E-state index in [0.717, 1.165) is 16.7 Å². The second-order valence-electron chi connectivity index (χ2n) is 7.78. The van der Waals surface area contributed by atoms with Crippen LogP contribution in [0.2, 0.25) is 0 Å². The van der Waals surface area contributed by atoms with E-state index in [1.807, 2.05) is 57.2 Å². The molecule has 32 heavy (non-hydrogen) atoms. The fourth-order valence-corrected chi connectivity index (χ4v) is 3.66. The topological polar surface area (TPSA) is 89.9 Å². The summed E-state index contributed by atoms with van der Waals surface area (Å²) in [5.74, 6) is -0.830. The molecule has 170 valence electrons. The van der Waals surface area contributed by atoms with Crippen molar-refractivity contribution in [3.05, 3.63) is 58.1 Å². The van der Waals surface area contributed by atoms with Gasteiger partial charge in [0, 0.05) is 31.4 Å². The summed E-state index contributed by atoms with van der Waals surface area (Å²) in [6.45, 7) is 8.18. The van der Waals surface area contributed by atoms with Crippen molar-refractivity contribution < 1.29 is 29.0 Å². The summed E-state index contributed by atoms with van der Waals surface area (Å²) >= 11 is 0. The van der Waals surface area contributed by atoms with Gasteiger partial charge in [-0.15, -0.1) is 0 Å². The first kappa shape index (κ1) is 24.9. The van der Waals surface area contributed by atoms with E-state index < -0.39 is 17.9 Å². The van der Waals surface area contributed by atoms with Crippen LogP contribution in [0.5, 0.6) is 11.5 Å². The molecule has 0 aromatic heterocycles. The molecule has 0 saturated heterocycles. The van der Waals surface area contributed by atoms with Gasteiger partial charge in [0.25, 0.3) is 0 Å². The zero-order valence-corrected chi connectivity index (χ0v) is 19.3. The number of esters is 2. The number of aliphatic carboxylic acids is 1. The van der Waals surface area contributed by atoms with E-state index in [4.69, 9.17) is 14.6 Å². The molecule has 0 amide bonds. The smallest absolute Gasteiger partial charge is 0.308 e. The van der Waals surface area contributed by atoms with Crippen LogP contribution in [0.3, 0.4) is 0 Å². The summed E-state index contributed by atoms with van der Waals surface area (Å²) < 4.78 is 11.2. The Morgan fingerprint density at radius 2 is 1.34 bits per heavy atom. The summed E-state index contributed by atoms with van der Waals surface area (Å²) in [6.07, 6.45) is 3.81. The van der Waals surface area contributed by atoms with E-state index in [1.165, 1.54) is 13.8 Å². The van der Waals surface area contributed by atoms with Gasteiger partial charge >= 0.3 is 17.9 Å². The molecule has 0 atom stereocenters. The van der Waals surface area contributed by atoms with Crippen molar-refractivity contribution in [2.24, 2.45) is 0 Å². The molecule has 0 aliphatic carbocycles. The van der Waals surface area contributed by atoms with Crippen LogP contribution in [0.15, 0.2) is 30.3 Å². The van der Waals surface area contributed by atoms with E-state index in [2.05, 4.69) is 0 Å². The molecule has 0 unspecified atom stereocenters. The molecule has 0 aliphatic heterocycles. The van der Waals surface area contributed by atoms with Crippen molar-refractivity contribution in [3.8, 4) is 11.5 Å². The highest BCUT2D eigenvalue weighted by atomic mass is 16.5. The number of carbonyl (C=O) groups is 3. The Hall–Kier alpha value is -3.41. The Kier molecular flexibility index (Phi) is 8.76. The van der Waals surface area contributed by atoms with Gasteiger partial charge in [-0.05, 0) is 62.3 Å². The number of carboxylic acids is 1. The quantitative estimate of drug-likeness (QED) is 0.236.